The Labute approximate surface area is 80.4 Å². The number of alkyl halides is 2. The van der Waals surface area contributed by atoms with Crippen molar-refractivity contribution < 1.29 is 8.78 Å². The maximum Gasteiger partial charge on any atom is 0.282 e. The second-order valence-corrected chi connectivity index (χ2v) is 3.37. The summed E-state index contributed by atoms with van der Waals surface area (Å²) in [5.41, 5.74) is 1.29. The highest BCUT2D eigenvalue weighted by Crippen LogP contribution is 2.31. The second-order valence-electron chi connectivity index (χ2n) is 3.37. The van der Waals surface area contributed by atoms with Crippen molar-refractivity contribution in [3.63, 3.8) is 0 Å². The molecule has 0 atom stereocenters. The highest BCUT2D eigenvalue weighted by molar-refractivity contribution is 5.52. The first-order valence-corrected chi connectivity index (χ1v) is 4.24. The Balaban J connectivity index is 2.09. The summed E-state index contributed by atoms with van der Waals surface area (Å²) < 4.78 is 25.1. The first-order chi connectivity index (χ1) is 6.61. The quantitative estimate of drug-likeness (QED) is 0.683. The third-order valence-corrected chi connectivity index (χ3v) is 2.21. The van der Waals surface area contributed by atoms with Crippen LogP contribution < -0.4 is 4.90 Å². The summed E-state index contributed by atoms with van der Waals surface area (Å²) in [6.45, 7) is -0.447. The van der Waals surface area contributed by atoms with Gasteiger partial charge < -0.3 is 4.90 Å². The molecule has 1 aromatic rings. The zero-order chi connectivity index (χ0) is 10.2. The van der Waals surface area contributed by atoms with Crippen molar-refractivity contribution in [3.8, 4) is 6.07 Å². The van der Waals surface area contributed by atoms with Gasteiger partial charge in [0.25, 0.3) is 5.92 Å². The van der Waals surface area contributed by atoms with E-state index in [0.717, 1.165) is 5.69 Å². The van der Waals surface area contributed by atoms with Gasteiger partial charge in [0.1, 0.15) is 0 Å². The zero-order valence-electron chi connectivity index (χ0n) is 7.37. The highest BCUT2D eigenvalue weighted by atomic mass is 19.3. The van der Waals surface area contributed by atoms with Crippen molar-refractivity contribution >= 4 is 5.69 Å². The van der Waals surface area contributed by atoms with Crippen LogP contribution >= 0.6 is 0 Å². The van der Waals surface area contributed by atoms with E-state index in [-0.39, 0.29) is 13.1 Å². The monoisotopic (exact) mass is 194 g/mol. The number of nitriles is 1. The van der Waals surface area contributed by atoms with Gasteiger partial charge >= 0.3 is 0 Å². The van der Waals surface area contributed by atoms with Gasteiger partial charge in [0.15, 0.2) is 0 Å². The van der Waals surface area contributed by atoms with E-state index in [2.05, 4.69) is 0 Å². The predicted octanol–water partition coefficient (Wildman–Crippen LogP) is 2.01. The van der Waals surface area contributed by atoms with Crippen LogP contribution in [0.1, 0.15) is 5.56 Å². The standard InChI is InChI=1S/C10H8F2N2/c11-10(12)6-14(7-10)9-3-1-8(5-13)2-4-9/h1-4H,6-7H2. The number of anilines is 1. The van der Waals surface area contributed by atoms with Crippen molar-refractivity contribution in [2.75, 3.05) is 18.0 Å². The Morgan fingerprint density at radius 3 is 2.21 bits per heavy atom. The molecule has 0 saturated carbocycles. The van der Waals surface area contributed by atoms with Crippen LogP contribution in [0.15, 0.2) is 24.3 Å². The average Bonchev–Trinajstić information content (AvgIpc) is 2.14. The number of benzene rings is 1. The van der Waals surface area contributed by atoms with E-state index in [9.17, 15) is 8.78 Å². The van der Waals surface area contributed by atoms with E-state index in [1.54, 1.807) is 29.2 Å². The number of hydrogen-bond donors (Lipinski definition) is 0. The Bertz CT molecular complexity index is 370. The van der Waals surface area contributed by atoms with Gasteiger partial charge in [0.05, 0.1) is 24.7 Å². The zero-order valence-corrected chi connectivity index (χ0v) is 7.37. The first kappa shape index (κ1) is 8.95. The van der Waals surface area contributed by atoms with Gasteiger partial charge in [0, 0.05) is 5.69 Å². The van der Waals surface area contributed by atoms with Gasteiger partial charge in [-0.15, -0.1) is 0 Å². The molecule has 4 heteroatoms. The summed E-state index contributed by atoms with van der Waals surface area (Å²) >= 11 is 0. The fraction of sp³-hybridized carbons (Fsp3) is 0.300. The van der Waals surface area contributed by atoms with E-state index in [4.69, 9.17) is 5.26 Å². The molecule has 1 aliphatic heterocycles. The fourth-order valence-corrected chi connectivity index (χ4v) is 1.44. The van der Waals surface area contributed by atoms with Gasteiger partial charge in [-0.05, 0) is 24.3 Å². The largest absolute Gasteiger partial charge is 0.359 e. The molecule has 0 unspecified atom stereocenters. The SMILES string of the molecule is N#Cc1ccc(N2CC(F)(F)C2)cc1. The summed E-state index contributed by atoms with van der Waals surface area (Å²) in [5, 5.41) is 8.54. The third kappa shape index (κ3) is 1.53. The molecule has 0 aromatic heterocycles. The molecular formula is C10H8F2N2. The molecule has 14 heavy (non-hydrogen) atoms. The molecule has 72 valence electrons. The smallest absolute Gasteiger partial charge is 0.282 e. The molecule has 0 aliphatic carbocycles. The van der Waals surface area contributed by atoms with Crippen LogP contribution in [-0.2, 0) is 0 Å². The van der Waals surface area contributed by atoms with E-state index in [1.807, 2.05) is 6.07 Å². The van der Waals surface area contributed by atoms with Gasteiger partial charge in [0.2, 0.25) is 0 Å². The number of nitrogens with zero attached hydrogens (tertiary/aromatic N) is 2. The minimum Gasteiger partial charge on any atom is -0.359 e. The molecule has 1 aliphatic rings. The summed E-state index contributed by atoms with van der Waals surface area (Å²) in [4.78, 5) is 1.58. The number of rotatable bonds is 1. The van der Waals surface area contributed by atoms with Gasteiger partial charge in [-0.3, -0.25) is 0 Å². The topological polar surface area (TPSA) is 27.0 Å². The minimum atomic E-state index is -2.55. The summed E-state index contributed by atoms with van der Waals surface area (Å²) in [7, 11) is 0. The van der Waals surface area contributed by atoms with Gasteiger partial charge in [-0.1, -0.05) is 0 Å². The molecule has 2 rings (SSSR count). The fourth-order valence-electron chi connectivity index (χ4n) is 1.44. The van der Waals surface area contributed by atoms with E-state index >= 15 is 0 Å². The maximum atomic E-state index is 12.5. The van der Waals surface area contributed by atoms with E-state index < -0.39 is 5.92 Å². The molecule has 0 bridgehead atoms. The maximum absolute atomic E-state index is 12.5. The summed E-state index contributed by atoms with van der Waals surface area (Å²) in [5.74, 6) is -2.55. The van der Waals surface area contributed by atoms with Gasteiger partial charge in [-0.2, -0.15) is 5.26 Å². The van der Waals surface area contributed by atoms with Crippen molar-refractivity contribution in [2.45, 2.75) is 5.92 Å². The van der Waals surface area contributed by atoms with Crippen molar-refractivity contribution in [2.24, 2.45) is 0 Å². The number of hydrogen-bond acceptors (Lipinski definition) is 2. The van der Waals surface area contributed by atoms with E-state index in [0.29, 0.717) is 5.56 Å². The van der Waals surface area contributed by atoms with Crippen molar-refractivity contribution in [3.05, 3.63) is 29.8 Å². The Morgan fingerprint density at radius 2 is 1.79 bits per heavy atom. The molecule has 2 nitrogen and oxygen atoms in total. The third-order valence-electron chi connectivity index (χ3n) is 2.21. The lowest BCUT2D eigenvalue weighted by molar-refractivity contribution is -0.0262. The van der Waals surface area contributed by atoms with E-state index in [1.165, 1.54) is 0 Å². The lowest BCUT2D eigenvalue weighted by atomic mass is 10.1. The summed E-state index contributed by atoms with van der Waals surface area (Å²) in [6.07, 6.45) is 0. The number of halogens is 2. The Morgan fingerprint density at radius 1 is 1.21 bits per heavy atom. The average molecular weight is 194 g/mol. The molecule has 0 amide bonds. The normalized spacial score (nSPS) is 18.5. The molecule has 0 radical (unpaired) electrons. The molecular weight excluding hydrogens is 186 g/mol. The molecule has 1 fully saturated rings. The van der Waals surface area contributed by atoms with Crippen LogP contribution in [0.25, 0.3) is 0 Å². The van der Waals surface area contributed by atoms with Crippen LogP contribution in [0.4, 0.5) is 14.5 Å². The molecule has 1 saturated heterocycles. The highest BCUT2D eigenvalue weighted by Gasteiger charge is 2.43. The predicted molar refractivity (Wildman–Crippen MR) is 48.3 cm³/mol. The minimum absolute atomic E-state index is 0.223. The molecule has 0 N–H and O–H groups in total. The lowest BCUT2D eigenvalue weighted by Crippen LogP contribution is -2.56. The van der Waals surface area contributed by atoms with Crippen LogP contribution in [0.5, 0.6) is 0 Å². The van der Waals surface area contributed by atoms with Crippen molar-refractivity contribution in [1.29, 1.82) is 5.26 Å². The first-order valence-electron chi connectivity index (χ1n) is 4.24. The molecule has 1 heterocycles. The van der Waals surface area contributed by atoms with Gasteiger partial charge in [-0.25, -0.2) is 8.78 Å². The Kier molecular flexibility index (Phi) is 1.88. The van der Waals surface area contributed by atoms with Crippen LogP contribution in [0.2, 0.25) is 0 Å². The Hall–Kier alpha value is -1.63. The lowest BCUT2D eigenvalue weighted by Gasteiger charge is -2.40. The van der Waals surface area contributed by atoms with Crippen LogP contribution in [-0.4, -0.2) is 19.0 Å². The van der Waals surface area contributed by atoms with Crippen LogP contribution in [0, 0.1) is 11.3 Å². The molecule has 1 aromatic carbocycles. The van der Waals surface area contributed by atoms with Crippen molar-refractivity contribution in [1.82, 2.24) is 0 Å². The van der Waals surface area contributed by atoms with Crippen LogP contribution in [0.3, 0.4) is 0 Å². The second kappa shape index (κ2) is 2.95. The summed E-state index contributed by atoms with van der Waals surface area (Å²) in [6, 6.07) is 8.62. The molecule has 0 spiro atoms.